The standard InChI is InChI=1S/C21H26O3/c1-6-20(2,3)21(4,5)15-12-13-17(18(22)14-15)19(23)24-16-10-8-7-9-11-16/h7-14,22H,6H2,1-5H3. The van der Waals surface area contributed by atoms with Crippen LogP contribution in [0, 0.1) is 5.41 Å². The third kappa shape index (κ3) is 3.45. The van der Waals surface area contributed by atoms with Crippen LogP contribution in [0.4, 0.5) is 0 Å². The van der Waals surface area contributed by atoms with Crippen molar-refractivity contribution in [2.24, 2.45) is 5.41 Å². The Balaban J connectivity index is 2.28. The number of ether oxygens (including phenoxy) is 1. The lowest BCUT2D eigenvalue weighted by Gasteiger charge is -2.42. The number of aromatic hydroxyl groups is 1. The Morgan fingerprint density at radius 3 is 2.21 bits per heavy atom. The third-order valence-corrected chi connectivity index (χ3v) is 5.47. The van der Waals surface area contributed by atoms with Crippen molar-refractivity contribution in [3.63, 3.8) is 0 Å². The highest BCUT2D eigenvalue weighted by Gasteiger charge is 2.37. The fourth-order valence-electron chi connectivity index (χ4n) is 2.58. The Bertz CT molecular complexity index is 715. The first-order chi connectivity index (χ1) is 11.2. The van der Waals surface area contributed by atoms with E-state index in [1.54, 1.807) is 36.4 Å². The minimum Gasteiger partial charge on any atom is -0.507 e. The van der Waals surface area contributed by atoms with Crippen molar-refractivity contribution < 1.29 is 14.6 Å². The second kappa shape index (κ2) is 6.68. The molecule has 0 aliphatic heterocycles. The number of carbonyl (C=O) groups is 1. The zero-order valence-electron chi connectivity index (χ0n) is 15.1. The van der Waals surface area contributed by atoms with Gasteiger partial charge in [-0.15, -0.1) is 0 Å². The molecule has 3 heteroatoms. The summed E-state index contributed by atoms with van der Waals surface area (Å²) in [5.74, 6) is -0.148. The van der Waals surface area contributed by atoms with Crippen LogP contribution in [-0.4, -0.2) is 11.1 Å². The average molecular weight is 326 g/mol. The molecule has 1 N–H and O–H groups in total. The van der Waals surface area contributed by atoms with E-state index in [9.17, 15) is 9.90 Å². The highest BCUT2D eigenvalue weighted by molar-refractivity contribution is 5.94. The molecule has 0 aliphatic carbocycles. The number of para-hydroxylation sites is 1. The van der Waals surface area contributed by atoms with Crippen LogP contribution in [0.15, 0.2) is 48.5 Å². The molecular formula is C21H26O3. The van der Waals surface area contributed by atoms with Gasteiger partial charge in [-0.1, -0.05) is 65.3 Å². The van der Waals surface area contributed by atoms with Crippen molar-refractivity contribution in [1.82, 2.24) is 0 Å². The summed E-state index contributed by atoms with van der Waals surface area (Å²) in [5.41, 5.74) is 1.10. The van der Waals surface area contributed by atoms with Crippen molar-refractivity contribution in [1.29, 1.82) is 0 Å². The molecule has 0 saturated carbocycles. The second-order valence-corrected chi connectivity index (χ2v) is 7.30. The molecule has 0 radical (unpaired) electrons. The van der Waals surface area contributed by atoms with E-state index in [0.717, 1.165) is 12.0 Å². The van der Waals surface area contributed by atoms with Crippen molar-refractivity contribution >= 4 is 5.97 Å². The van der Waals surface area contributed by atoms with E-state index in [1.165, 1.54) is 0 Å². The molecule has 2 rings (SSSR count). The Hall–Kier alpha value is -2.29. The quantitative estimate of drug-likeness (QED) is 0.597. The lowest BCUT2D eigenvalue weighted by molar-refractivity contribution is 0.0731. The lowest BCUT2D eigenvalue weighted by atomic mass is 9.63. The minimum atomic E-state index is -0.558. The normalized spacial score (nSPS) is 12.0. The monoisotopic (exact) mass is 326 g/mol. The number of phenolic OH excluding ortho intramolecular Hbond substituents is 1. The first-order valence-electron chi connectivity index (χ1n) is 8.30. The van der Waals surface area contributed by atoms with Gasteiger partial charge in [-0.05, 0) is 40.7 Å². The molecule has 0 unspecified atom stereocenters. The summed E-state index contributed by atoms with van der Waals surface area (Å²) in [4.78, 5) is 12.3. The second-order valence-electron chi connectivity index (χ2n) is 7.30. The van der Waals surface area contributed by atoms with Crippen LogP contribution in [0.3, 0.4) is 0 Å². The molecule has 0 amide bonds. The van der Waals surface area contributed by atoms with Crippen LogP contribution in [0.2, 0.25) is 0 Å². The van der Waals surface area contributed by atoms with Crippen molar-refractivity contribution in [3.8, 4) is 11.5 Å². The van der Waals surface area contributed by atoms with E-state index >= 15 is 0 Å². The van der Waals surface area contributed by atoms with E-state index in [0.29, 0.717) is 5.75 Å². The number of hydrogen-bond donors (Lipinski definition) is 1. The summed E-state index contributed by atoms with van der Waals surface area (Å²) in [6.45, 7) is 10.9. The molecule has 128 valence electrons. The highest BCUT2D eigenvalue weighted by Crippen LogP contribution is 2.44. The SMILES string of the molecule is CCC(C)(C)C(C)(C)c1ccc(C(=O)Oc2ccccc2)c(O)c1. The fourth-order valence-corrected chi connectivity index (χ4v) is 2.58. The molecule has 0 fully saturated rings. The van der Waals surface area contributed by atoms with Gasteiger partial charge in [0.2, 0.25) is 0 Å². The van der Waals surface area contributed by atoms with Gasteiger partial charge in [0.25, 0.3) is 0 Å². The molecule has 2 aromatic carbocycles. The summed E-state index contributed by atoms with van der Waals surface area (Å²) in [5, 5.41) is 10.3. The van der Waals surface area contributed by atoms with E-state index in [4.69, 9.17) is 4.74 Å². The zero-order valence-corrected chi connectivity index (χ0v) is 15.1. The fraction of sp³-hybridized carbons (Fsp3) is 0.381. The Morgan fingerprint density at radius 1 is 1.04 bits per heavy atom. The first kappa shape index (κ1) is 18.1. The largest absolute Gasteiger partial charge is 0.507 e. The molecule has 0 aromatic heterocycles. The first-order valence-corrected chi connectivity index (χ1v) is 8.30. The molecule has 3 nitrogen and oxygen atoms in total. The summed E-state index contributed by atoms with van der Waals surface area (Å²) in [6, 6.07) is 14.1. The maximum atomic E-state index is 12.3. The molecule has 0 atom stereocenters. The molecule has 0 heterocycles. The molecule has 0 saturated heterocycles. The third-order valence-electron chi connectivity index (χ3n) is 5.47. The van der Waals surface area contributed by atoms with E-state index < -0.39 is 5.97 Å². The number of carbonyl (C=O) groups excluding carboxylic acids is 1. The summed E-state index contributed by atoms with van der Waals surface area (Å²) < 4.78 is 5.30. The van der Waals surface area contributed by atoms with Gasteiger partial charge in [0, 0.05) is 0 Å². The predicted octanol–water partition coefficient (Wildman–Crippen LogP) is 5.33. The van der Waals surface area contributed by atoms with Crippen molar-refractivity contribution in [3.05, 3.63) is 59.7 Å². The van der Waals surface area contributed by atoms with E-state index in [2.05, 4.69) is 34.6 Å². The van der Waals surface area contributed by atoms with Crippen LogP contribution in [0.5, 0.6) is 11.5 Å². The number of hydrogen-bond acceptors (Lipinski definition) is 3. The maximum absolute atomic E-state index is 12.3. The number of benzene rings is 2. The van der Waals surface area contributed by atoms with E-state index in [-0.39, 0.29) is 22.1 Å². The number of phenols is 1. The Kier molecular flexibility index (Phi) is 5.02. The van der Waals surface area contributed by atoms with Gasteiger partial charge in [-0.3, -0.25) is 0 Å². The molecule has 0 bridgehead atoms. The van der Waals surface area contributed by atoms with Crippen LogP contribution in [0.25, 0.3) is 0 Å². The number of esters is 1. The number of rotatable bonds is 5. The van der Waals surface area contributed by atoms with E-state index in [1.807, 2.05) is 12.1 Å². The molecular weight excluding hydrogens is 300 g/mol. The summed E-state index contributed by atoms with van der Waals surface area (Å²) in [7, 11) is 0. The molecule has 2 aromatic rings. The van der Waals surface area contributed by atoms with Gasteiger partial charge in [0.1, 0.15) is 17.1 Å². The predicted molar refractivity (Wildman–Crippen MR) is 96.6 cm³/mol. The van der Waals surface area contributed by atoms with Crippen LogP contribution >= 0.6 is 0 Å². The summed E-state index contributed by atoms with van der Waals surface area (Å²) in [6.07, 6.45) is 1.01. The molecule has 24 heavy (non-hydrogen) atoms. The van der Waals surface area contributed by atoms with Crippen LogP contribution < -0.4 is 4.74 Å². The highest BCUT2D eigenvalue weighted by atomic mass is 16.5. The van der Waals surface area contributed by atoms with Crippen LogP contribution in [0.1, 0.15) is 57.0 Å². The van der Waals surface area contributed by atoms with Gasteiger partial charge in [-0.2, -0.15) is 0 Å². The van der Waals surface area contributed by atoms with Gasteiger partial charge < -0.3 is 9.84 Å². The van der Waals surface area contributed by atoms with Gasteiger partial charge in [-0.25, -0.2) is 4.79 Å². The minimum absolute atomic E-state index is 0.0478. The smallest absolute Gasteiger partial charge is 0.347 e. The van der Waals surface area contributed by atoms with Crippen molar-refractivity contribution in [2.75, 3.05) is 0 Å². The average Bonchev–Trinajstić information content (AvgIpc) is 2.55. The van der Waals surface area contributed by atoms with Gasteiger partial charge in [0.05, 0.1) is 0 Å². The van der Waals surface area contributed by atoms with Crippen molar-refractivity contribution in [2.45, 2.75) is 46.5 Å². The lowest BCUT2D eigenvalue weighted by Crippen LogP contribution is -2.36. The molecule has 0 spiro atoms. The summed E-state index contributed by atoms with van der Waals surface area (Å²) >= 11 is 0. The maximum Gasteiger partial charge on any atom is 0.347 e. The zero-order chi connectivity index (χ0) is 18.0. The van der Waals surface area contributed by atoms with Crippen LogP contribution in [-0.2, 0) is 5.41 Å². The Morgan fingerprint density at radius 2 is 1.67 bits per heavy atom. The topological polar surface area (TPSA) is 46.5 Å². The Labute approximate surface area is 144 Å². The molecule has 0 aliphatic rings. The van der Waals surface area contributed by atoms with Gasteiger partial charge >= 0.3 is 5.97 Å². The van der Waals surface area contributed by atoms with Gasteiger partial charge in [0.15, 0.2) is 0 Å².